The van der Waals surface area contributed by atoms with Crippen LogP contribution in [0.4, 0.5) is 0 Å². The van der Waals surface area contributed by atoms with Crippen molar-refractivity contribution in [3.8, 4) is 28.5 Å². The first-order chi connectivity index (χ1) is 17.4. The fourth-order valence-corrected chi connectivity index (χ4v) is 4.98. The minimum atomic E-state index is -0.352. The lowest BCUT2D eigenvalue weighted by Crippen LogP contribution is -2.30. The summed E-state index contributed by atoms with van der Waals surface area (Å²) in [6, 6.07) is 9.42. The fraction of sp³-hybridized carbons (Fsp3) is 0.448. The molecular weight excluding hydrogens is 454 g/mol. The van der Waals surface area contributed by atoms with E-state index in [1.54, 1.807) is 0 Å². The number of aromatic nitrogens is 2. The molecular formula is C29H37N3O4. The smallest absolute Gasteiger partial charge is 0.273 e. The Kier molecular flexibility index (Phi) is 7.87. The summed E-state index contributed by atoms with van der Waals surface area (Å²) >= 11 is 0. The molecule has 1 aliphatic rings. The lowest BCUT2D eigenvalue weighted by Gasteiger charge is -2.27. The number of hydrogen-bond acceptors (Lipinski definition) is 5. The molecule has 0 aliphatic carbocycles. The number of carbonyl (C=O) groups excluding carboxylic acids is 1. The molecule has 7 heteroatoms. The van der Waals surface area contributed by atoms with Crippen LogP contribution in [0.1, 0.15) is 85.2 Å². The molecule has 1 aromatic heterocycles. The first-order valence-corrected chi connectivity index (χ1v) is 13.0. The average molecular weight is 492 g/mol. The molecule has 1 unspecified atom stereocenters. The summed E-state index contributed by atoms with van der Waals surface area (Å²) in [5, 5.41) is 18.4. The molecule has 0 spiro atoms. The maximum atomic E-state index is 13.5. The number of phenolic OH excluding ortho intramolecular Hbond substituents is 1. The lowest BCUT2D eigenvalue weighted by atomic mass is 9.94. The summed E-state index contributed by atoms with van der Waals surface area (Å²) in [6.45, 7) is 11.8. The molecule has 0 fully saturated rings. The minimum Gasteiger partial charge on any atom is -0.507 e. The molecule has 0 saturated carbocycles. The van der Waals surface area contributed by atoms with Crippen molar-refractivity contribution in [3.63, 3.8) is 0 Å². The Labute approximate surface area is 213 Å². The predicted octanol–water partition coefficient (Wildman–Crippen LogP) is 6.32. The molecule has 0 radical (unpaired) electrons. The van der Waals surface area contributed by atoms with E-state index in [2.05, 4.69) is 24.0 Å². The van der Waals surface area contributed by atoms with Gasteiger partial charge in [0.1, 0.15) is 17.1 Å². The van der Waals surface area contributed by atoms with Gasteiger partial charge in [-0.25, -0.2) is 0 Å². The molecule has 2 aromatic carbocycles. The van der Waals surface area contributed by atoms with E-state index in [0.717, 1.165) is 47.9 Å². The maximum Gasteiger partial charge on any atom is 0.273 e. The maximum absolute atomic E-state index is 13.5. The Balaban J connectivity index is 1.81. The number of nitrogens with zero attached hydrogens (tertiary/aromatic N) is 2. The molecule has 1 atom stereocenters. The highest BCUT2D eigenvalue weighted by Crippen LogP contribution is 2.46. The second-order valence-electron chi connectivity index (χ2n) is 9.43. The molecule has 1 amide bonds. The van der Waals surface area contributed by atoms with E-state index < -0.39 is 0 Å². The monoisotopic (exact) mass is 491 g/mol. The molecule has 3 aromatic rings. The highest BCUT2D eigenvalue weighted by molar-refractivity contribution is 6.00. The zero-order valence-electron chi connectivity index (χ0n) is 22.0. The Morgan fingerprint density at radius 3 is 2.56 bits per heavy atom. The molecule has 2 N–H and O–H groups in total. The van der Waals surface area contributed by atoms with Crippen LogP contribution < -0.4 is 9.47 Å². The molecule has 7 nitrogen and oxygen atoms in total. The van der Waals surface area contributed by atoms with Gasteiger partial charge in [0.05, 0.1) is 19.3 Å². The minimum absolute atomic E-state index is 0.0858. The zero-order valence-corrected chi connectivity index (χ0v) is 22.0. The van der Waals surface area contributed by atoms with Gasteiger partial charge in [-0.3, -0.25) is 9.89 Å². The van der Waals surface area contributed by atoms with Crippen LogP contribution in [-0.4, -0.2) is 45.9 Å². The Hall–Kier alpha value is -3.48. The van der Waals surface area contributed by atoms with Crippen molar-refractivity contribution in [1.29, 1.82) is 0 Å². The second-order valence-corrected chi connectivity index (χ2v) is 9.43. The molecule has 2 heterocycles. The number of phenols is 1. The molecule has 4 rings (SSSR count). The molecule has 1 aliphatic heterocycles. The van der Waals surface area contributed by atoms with E-state index in [1.807, 2.05) is 56.0 Å². The Bertz CT molecular complexity index is 1230. The van der Waals surface area contributed by atoms with Gasteiger partial charge in [-0.2, -0.15) is 5.10 Å². The summed E-state index contributed by atoms with van der Waals surface area (Å²) in [5.41, 5.74) is 5.20. The number of fused-ring (bicyclic) bond motifs is 1. The van der Waals surface area contributed by atoms with Crippen LogP contribution in [0.5, 0.6) is 17.2 Å². The van der Waals surface area contributed by atoms with Gasteiger partial charge in [-0.15, -0.1) is 0 Å². The van der Waals surface area contributed by atoms with Gasteiger partial charge >= 0.3 is 0 Å². The third-order valence-electron chi connectivity index (χ3n) is 6.62. The van der Waals surface area contributed by atoms with Gasteiger partial charge in [-0.05, 0) is 68.5 Å². The number of nitrogens with one attached hydrogen (secondary N) is 1. The van der Waals surface area contributed by atoms with Crippen LogP contribution in [-0.2, 0) is 0 Å². The number of carbonyl (C=O) groups is 1. The quantitative estimate of drug-likeness (QED) is 0.306. The Morgan fingerprint density at radius 1 is 1.03 bits per heavy atom. The van der Waals surface area contributed by atoms with Gasteiger partial charge in [0, 0.05) is 17.7 Å². The molecule has 36 heavy (non-hydrogen) atoms. The summed E-state index contributed by atoms with van der Waals surface area (Å²) < 4.78 is 12.0. The predicted molar refractivity (Wildman–Crippen MR) is 141 cm³/mol. The number of unbranched alkanes of at least 4 members (excludes halogenated alkanes) is 2. The SMILES string of the molecule is CCCCCOc1ccc(C2c3c(-c4cc(C)cc(C)c4O)n[nH]c3C(=O)N2CCC)cc1OCC. The van der Waals surface area contributed by atoms with Crippen molar-refractivity contribution in [2.45, 2.75) is 66.3 Å². The highest BCUT2D eigenvalue weighted by atomic mass is 16.5. The normalized spacial score (nSPS) is 14.9. The third-order valence-corrected chi connectivity index (χ3v) is 6.62. The zero-order chi connectivity index (χ0) is 25.8. The largest absolute Gasteiger partial charge is 0.507 e. The number of benzene rings is 2. The lowest BCUT2D eigenvalue weighted by molar-refractivity contribution is 0.0743. The van der Waals surface area contributed by atoms with Crippen LogP contribution in [0.15, 0.2) is 30.3 Å². The van der Waals surface area contributed by atoms with Gasteiger partial charge < -0.3 is 19.5 Å². The van der Waals surface area contributed by atoms with E-state index in [4.69, 9.17) is 9.47 Å². The first-order valence-electron chi connectivity index (χ1n) is 13.0. The van der Waals surface area contributed by atoms with Crippen LogP contribution >= 0.6 is 0 Å². The van der Waals surface area contributed by atoms with Crippen molar-refractivity contribution in [2.24, 2.45) is 0 Å². The molecule has 0 saturated heterocycles. The van der Waals surface area contributed by atoms with Crippen molar-refractivity contribution in [2.75, 3.05) is 19.8 Å². The summed E-state index contributed by atoms with van der Waals surface area (Å²) in [6.07, 6.45) is 4.07. The van der Waals surface area contributed by atoms with E-state index in [0.29, 0.717) is 48.2 Å². The third kappa shape index (κ3) is 4.79. The molecule has 0 bridgehead atoms. The van der Waals surface area contributed by atoms with Crippen molar-refractivity contribution in [3.05, 3.63) is 58.3 Å². The summed E-state index contributed by atoms with van der Waals surface area (Å²) in [5.74, 6) is 1.48. The summed E-state index contributed by atoms with van der Waals surface area (Å²) in [7, 11) is 0. The van der Waals surface area contributed by atoms with Gasteiger partial charge in [0.2, 0.25) is 0 Å². The van der Waals surface area contributed by atoms with Crippen LogP contribution in [0.25, 0.3) is 11.3 Å². The molecule has 192 valence electrons. The number of ether oxygens (including phenoxy) is 2. The topological polar surface area (TPSA) is 87.7 Å². The van der Waals surface area contributed by atoms with Crippen molar-refractivity contribution < 1.29 is 19.4 Å². The highest BCUT2D eigenvalue weighted by Gasteiger charge is 2.42. The number of hydrogen-bond donors (Lipinski definition) is 2. The Morgan fingerprint density at radius 2 is 1.83 bits per heavy atom. The van der Waals surface area contributed by atoms with Gasteiger partial charge in [0.15, 0.2) is 11.5 Å². The number of H-pyrrole nitrogens is 1. The van der Waals surface area contributed by atoms with Crippen LogP contribution in [0.3, 0.4) is 0 Å². The summed E-state index contributed by atoms with van der Waals surface area (Å²) in [4.78, 5) is 15.3. The average Bonchev–Trinajstić information content (AvgIpc) is 3.39. The number of aromatic hydroxyl groups is 1. The van der Waals surface area contributed by atoms with Crippen molar-refractivity contribution >= 4 is 5.91 Å². The van der Waals surface area contributed by atoms with E-state index in [-0.39, 0.29) is 17.7 Å². The van der Waals surface area contributed by atoms with Crippen LogP contribution in [0.2, 0.25) is 0 Å². The number of amides is 1. The van der Waals surface area contributed by atoms with Crippen LogP contribution in [0, 0.1) is 13.8 Å². The second kappa shape index (κ2) is 11.1. The van der Waals surface area contributed by atoms with E-state index in [1.165, 1.54) is 0 Å². The number of aryl methyl sites for hydroxylation is 2. The number of aromatic amines is 1. The van der Waals surface area contributed by atoms with Gasteiger partial charge in [0.25, 0.3) is 5.91 Å². The van der Waals surface area contributed by atoms with Gasteiger partial charge in [-0.1, -0.05) is 38.8 Å². The van der Waals surface area contributed by atoms with Crippen molar-refractivity contribution in [1.82, 2.24) is 15.1 Å². The van der Waals surface area contributed by atoms with E-state index in [9.17, 15) is 9.90 Å². The standard InChI is InChI=1S/C29H37N3O4/c1-6-9-10-14-36-22-12-11-20(17-23(22)35-8-3)27-24-25(21-16-18(4)15-19(5)28(21)33)30-31-26(24)29(34)32(27)13-7-2/h11-12,15-17,27,33H,6-10,13-14H2,1-5H3,(H,30,31). The number of rotatable bonds is 11. The van der Waals surface area contributed by atoms with E-state index >= 15 is 0 Å². The first kappa shape index (κ1) is 25.6. The fourth-order valence-electron chi connectivity index (χ4n) is 4.98.